The molecule has 4 aromatic rings. The zero-order chi connectivity index (χ0) is 16.4. The van der Waals surface area contributed by atoms with Gasteiger partial charge < -0.3 is 16.4 Å². The van der Waals surface area contributed by atoms with Crippen molar-refractivity contribution in [1.29, 1.82) is 0 Å². The van der Waals surface area contributed by atoms with Crippen molar-refractivity contribution >= 4 is 50.4 Å². The maximum absolute atomic E-state index is 6.20. The van der Waals surface area contributed by atoms with Crippen LogP contribution in [-0.4, -0.2) is 19.9 Å². The molecule has 0 radical (unpaired) electrons. The number of nitrogens with two attached hydrogens (primary N) is 1. The van der Waals surface area contributed by atoms with E-state index in [0.29, 0.717) is 17.3 Å². The minimum Gasteiger partial charge on any atom is -0.393 e. The molecule has 1 aromatic carbocycles. The van der Waals surface area contributed by atoms with Crippen LogP contribution in [0, 0.1) is 0 Å². The first-order valence-corrected chi connectivity index (χ1v) is 8.07. The molecule has 0 atom stereocenters. The van der Waals surface area contributed by atoms with Crippen LogP contribution in [0.2, 0.25) is 0 Å². The molecular weight excluding hydrogens is 322 g/mol. The average molecular weight is 335 g/mol. The third-order valence-electron chi connectivity index (χ3n) is 3.44. The Morgan fingerprint density at radius 3 is 2.58 bits per heavy atom. The Morgan fingerprint density at radius 2 is 1.75 bits per heavy atom. The molecule has 4 N–H and O–H groups in total. The van der Waals surface area contributed by atoms with Crippen LogP contribution in [0.15, 0.2) is 54.4 Å². The zero-order valence-corrected chi connectivity index (χ0v) is 13.3. The second-order valence-corrected chi connectivity index (χ2v) is 5.84. The number of pyridine rings is 1. The summed E-state index contributed by atoms with van der Waals surface area (Å²) < 4.78 is 0. The van der Waals surface area contributed by atoms with E-state index in [2.05, 4.69) is 30.6 Å². The van der Waals surface area contributed by atoms with Gasteiger partial charge in [-0.25, -0.2) is 15.0 Å². The summed E-state index contributed by atoms with van der Waals surface area (Å²) in [6, 6.07) is 9.74. The number of aromatic nitrogens is 4. The molecule has 0 aliphatic heterocycles. The Labute approximate surface area is 141 Å². The molecule has 24 heavy (non-hydrogen) atoms. The lowest BCUT2D eigenvalue weighted by Crippen LogP contribution is -2.05. The monoisotopic (exact) mass is 335 g/mol. The zero-order valence-electron chi connectivity index (χ0n) is 12.5. The summed E-state index contributed by atoms with van der Waals surface area (Å²) >= 11 is 1.47. The van der Waals surface area contributed by atoms with Crippen molar-refractivity contribution in [3.05, 3.63) is 54.4 Å². The molecule has 0 aliphatic rings. The Balaban J connectivity index is 1.69. The third-order valence-corrected chi connectivity index (χ3v) is 4.13. The molecule has 4 rings (SSSR count). The van der Waals surface area contributed by atoms with E-state index in [0.717, 1.165) is 21.7 Å². The van der Waals surface area contributed by atoms with Crippen LogP contribution in [0.3, 0.4) is 0 Å². The Bertz CT molecular complexity index is 980. The lowest BCUT2D eigenvalue weighted by atomic mass is 10.2. The van der Waals surface area contributed by atoms with E-state index in [1.807, 2.05) is 35.7 Å². The summed E-state index contributed by atoms with van der Waals surface area (Å²) in [6.07, 6.45) is 4.94. The molecular formula is C16H13N7S. The Morgan fingerprint density at radius 1 is 0.875 bits per heavy atom. The van der Waals surface area contributed by atoms with Crippen molar-refractivity contribution in [3.63, 3.8) is 0 Å². The van der Waals surface area contributed by atoms with E-state index in [1.165, 1.54) is 17.7 Å². The third kappa shape index (κ3) is 2.70. The number of thiazole rings is 1. The fraction of sp³-hybridized carbons (Fsp3) is 0. The van der Waals surface area contributed by atoms with Gasteiger partial charge in [-0.1, -0.05) is 6.07 Å². The fourth-order valence-corrected chi connectivity index (χ4v) is 2.85. The van der Waals surface area contributed by atoms with Gasteiger partial charge in [0, 0.05) is 28.8 Å². The SMILES string of the molecule is Nc1c(Nc2nccs2)ncnc1Nc1cccc2ncccc12. The van der Waals surface area contributed by atoms with Gasteiger partial charge in [0.05, 0.1) is 5.52 Å². The number of nitrogen functional groups attached to an aromatic ring is 1. The molecule has 0 unspecified atom stereocenters. The van der Waals surface area contributed by atoms with E-state index in [4.69, 9.17) is 5.73 Å². The molecule has 0 saturated carbocycles. The van der Waals surface area contributed by atoms with Gasteiger partial charge in [0.25, 0.3) is 0 Å². The highest BCUT2D eigenvalue weighted by molar-refractivity contribution is 7.13. The molecule has 0 saturated heterocycles. The molecule has 7 nitrogen and oxygen atoms in total. The highest BCUT2D eigenvalue weighted by Crippen LogP contribution is 2.30. The van der Waals surface area contributed by atoms with Crippen LogP contribution in [-0.2, 0) is 0 Å². The van der Waals surface area contributed by atoms with Gasteiger partial charge in [-0.05, 0) is 24.3 Å². The van der Waals surface area contributed by atoms with Gasteiger partial charge in [-0.15, -0.1) is 11.3 Å². The van der Waals surface area contributed by atoms with Crippen molar-refractivity contribution in [2.24, 2.45) is 0 Å². The Hall–Kier alpha value is -3.26. The van der Waals surface area contributed by atoms with E-state index in [1.54, 1.807) is 12.4 Å². The predicted octanol–water partition coefficient (Wildman–Crippen LogP) is 3.55. The molecule has 8 heteroatoms. The second kappa shape index (κ2) is 6.09. The van der Waals surface area contributed by atoms with Crippen LogP contribution in [0.1, 0.15) is 0 Å². The topological polar surface area (TPSA) is 102 Å². The van der Waals surface area contributed by atoms with E-state index < -0.39 is 0 Å². The number of benzene rings is 1. The standard InChI is InChI=1S/C16H13N7S/c17-13-14(20-9-21-15(13)23-16-19-7-8-24-16)22-12-5-1-4-11-10(12)3-2-6-18-11/h1-9H,17H2,(H2,19,20,21,22,23). The minimum absolute atomic E-state index is 0.425. The highest BCUT2D eigenvalue weighted by atomic mass is 32.1. The second-order valence-electron chi connectivity index (χ2n) is 4.95. The van der Waals surface area contributed by atoms with Gasteiger partial charge >= 0.3 is 0 Å². The van der Waals surface area contributed by atoms with Crippen molar-refractivity contribution in [2.45, 2.75) is 0 Å². The number of fused-ring (bicyclic) bond motifs is 1. The lowest BCUT2D eigenvalue weighted by Gasteiger charge is -2.12. The molecule has 3 heterocycles. The summed E-state index contributed by atoms with van der Waals surface area (Å²) in [4.78, 5) is 17.0. The Kier molecular flexibility index (Phi) is 3.64. The summed E-state index contributed by atoms with van der Waals surface area (Å²) in [5.74, 6) is 1.04. The highest BCUT2D eigenvalue weighted by Gasteiger charge is 2.11. The molecule has 3 aromatic heterocycles. The normalized spacial score (nSPS) is 10.7. The summed E-state index contributed by atoms with van der Waals surface area (Å²) in [6.45, 7) is 0. The first-order valence-electron chi connectivity index (χ1n) is 7.19. The van der Waals surface area contributed by atoms with Crippen molar-refractivity contribution < 1.29 is 0 Å². The average Bonchev–Trinajstić information content (AvgIpc) is 3.12. The van der Waals surface area contributed by atoms with Crippen molar-refractivity contribution in [2.75, 3.05) is 16.4 Å². The molecule has 0 spiro atoms. The summed E-state index contributed by atoms with van der Waals surface area (Å²) in [5, 5.41) is 9.95. The van der Waals surface area contributed by atoms with Crippen LogP contribution in [0.25, 0.3) is 10.9 Å². The number of hydrogen-bond acceptors (Lipinski definition) is 8. The number of nitrogens with one attached hydrogen (secondary N) is 2. The van der Waals surface area contributed by atoms with Crippen molar-refractivity contribution in [1.82, 2.24) is 19.9 Å². The van der Waals surface area contributed by atoms with Gasteiger partial charge in [0.1, 0.15) is 12.0 Å². The number of rotatable bonds is 4. The van der Waals surface area contributed by atoms with Gasteiger partial charge in [-0.3, -0.25) is 4.98 Å². The quantitative estimate of drug-likeness (QED) is 0.524. The van der Waals surface area contributed by atoms with Gasteiger partial charge in [-0.2, -0.15) is 0 Å². The fourth-order valence-electron chi connectivity index (χ4n) is 2.32. The van der Waals surface area contributed by atoms with Crippen molar-refractivity contribution in [3.8, 4) is 0 Å². The van der Waals surface area contributed by atoms with Crippen LogP contribution >= 0.6 is 11.3 Å². The molecule has 0 fully saturated rings. The molecule has 0 bridgehead atoms. The number of nitrogens with zero attached hydrogens (tertiary/aromatic N) is 4. The number of anilines is 5. The maximum atomic E-state index is 6.20. The van der Waals surface area contributed by atoms with E-state index in [9.17, 15) is 0 Å². The minimum atomic E-state index is 0.425. The van der Waals surface area contributed by atoms with E-state index in [-0.39, 0.29) is 0 Å². The molecule has 0 amide bonds. The summed E-state index contributed by atoms with van der Waals surface area (Å²) in [5.41, 5.74) is 8.41. The van der Waals surface area contributed by atoms with Gasteiger partial charge in [0.15, 0.2) is 16.8 Å². The maximum Gasteiger partial charge on any atom is 0.188 e. The number of hydrogen-bond donors (Lipinski definition) is 3. The predicted molar refractivity (Wildman–Crippen MR) is 96.9 cm³/mol. The largest absolute Gasteiger partial charge is 0.393 e. The smallest absolute Gasteiger partial charge is 0.188 e. The van der Waals surface area contributed by atoms with Crippen LogP contribution in [0.5, 0.6) is 0 Å². The molecule has 118 valence electrons. The first-order chi connectivity index (χ1) is 11.8. The summed E-state index contributed by atoms with van der Waals surface area (Å²) in [7, 11) is 0. The van der Waals surface area contributed by atoms with Crippen LogP contribution in [0.4, 0.5) is 28.1 Å². The van der Waals surface area contributed by atoms with Gasteiger partial charge in [0.2, 0.25) is 0 Å². The lowest BCUT2D eigenvalue weighted by molar-refractivity contribution is 1.17. The molecule has 0 aliphatic carbocycles. The first kappa shape index (κ1) is 14.3. The van der Waals surface area contributed by atoms with E-state index >= 15 is 0 Å². The van der Waals surface area contributed by atoms with Crippen LogP contribution < -0.4 is 16.4 Å².